The Morgan fingerprint density at radius 3 is 3.00 bits per heavy atom. The summed E-state index contributed by atoms with van der Waals surface area (Å²) in [5.41, 5.74) is 1.13. The molecular weight excluding hydrogens is 238 g/mol. The molecule has 0 spiro atoms. The third kappa shape index (κ3) is 3.26. The molecule has 2 aromatic heterocycles. The number of nitrogens with zero attached hydrogens (tertiary/aromatic N) is 2. The number of aromatic nitrogens is 2. The Hall–Kier alpha value is -1.55. The molecule has 0 aliphatic heterocycles. The zero-order chi connectivity index (χ0) is 12.9. The lowest BCUT2D eigenvalue weighted by atomic mass is 10.3. The second-order valence-electron chi connectivity index (χ2n) is 5.23. The van der Waals surface area contributed by atoms with Crippen molar-refractivity contribution in [1.82, 2.24) is 15.1 Å². The van der Waals surface area contributed by atoms with Crippen molar-refractivity contribution in [3.63, 3.8) is 0 Å². The van der Waals surface area contributed by atoms with Crippen LogP contribution >= 0.6 is 0 Å². The molecule has 0 aromatic carbocycles. The van der Waals surface area contributed by atoms with E-state index in [1.807, 2.05) is 12.1 Å². The smallest absolute Gasteiger partial charge is 0.105 e. The summed E-state index contributed by atoms with van der Waals surface area (Å²) in [5, 5.41) is 8.07. The van der Waals surface area contributed by atoms with Crippen LogP contribution in [0.15, 0.2) is 35.1 Å². The minimum Gasteiger partial charge on any atom is -0.469 e. The monoisotopic (exact) mass is 259 g/mol. The topological polar surface area (TPSA) is 43.0 Å². The zero-order valence-corrected chi connectivity index (χ0v) is 11.2. The molecule has 3 rings (SSSR count). The number of rotatable bonds is 6. The molecule has 0 bridgehead atoms. The molecule has 0 amide bonds. The van der Waals surface area contributed by atoms with E-state index in [4.69, 9.17) is 4.42 Å². The van der Waals surface area contributed by atoms with E-state index in [0.29, 0.717) is 6.04 Å². The van der Waals surface area contributed by atoms with Crippen LogP contribution in [0.1, 0.15) is 43.2 Å². The fourth-order valence-electron chi connectivity index (χ4n) is 2.73. The lowest BCUT2D eigenvalue weighted by molar-refractivity contribution is 0.459. The summed E-state index contributed by atoms with van der Waals surface area (Å²) in [5.74, 6) is 1.03. The third-order valence-electron chi connectivity index (χ3n) is 3.80. The molecular formula is C15H21N3O. The molecule has 4 nitrogen and oxygen atoms in total. The first-order chi connectivity index (χ1) is 9.42. The van der Waals surface area contributed by atoms with Crippen molar-refractivity contribution in [2.75, 3.05) is 6.54 Å². The van der Waals surface area contributed by atoms with Crippen LogP contribution < -0.4 is 5.32 Å². The fraction of sp³-hybridized carbons (Fsp3) is 0.533. The fourth-order valence-corrected chi connectivity index (χ4v) is 2.73. The van der Waals surface area contributed by atoms with Gasteiger partial charge in [0.2, 0.25) is 0 Å². The number of nitrogens with one attached hydrogen (secondary N) is 1. The summed E-state index contributed by atoms with van der Waals surface area (Å²) >= 11 is 0. The van der Waals surface area contributed by atoms with Gasteiger partial charge in [-0.2, -0.15) is 5.10 Å². The summed E-state index contributed by atoms with van der Waals surface area (Å²) in [6.07, 6.45) is 10.0. The van der Waals surface area contributed by atoms with E-state index in [1.165, 1.54) is 25.7 Å². The molecule has 0 atom stereocenters. The molecule has 1 saturated carbocycles. The number of furan rings is 1. The van der Waals surface area contributed by atoms with Crippen molar-refractivity contribution in [2.24, 2.45) is 0 Å². The quantitative estimate of drug-likeness (QED) is 0.811. The van der Waals surface area contributed by atoms with Gasteiger partial charge in [-0.3, -0.25) is 4.68 Å². The molecule has 0 saturated heterocycles. The first-order valence-corrected chi connectivity index (χ1v) is 7.19. The van der Waals surface area contributed by atoms with Crippen LogP contribution in [0.25, 0.3) is 0 Å². The zero-order valence-electron chi connectivity index (χ0n) is 11.2. The maximum Gasteiger partial charge on any atom is 0.105 e. The Labute approximate surface area is 113 Å². The van der Waals surface area contributed by atoms with Gasteiger partial charge >= 0.3 is 0 Å². The Balaban J connectivity index is 1.42. The van der Waals surface area contributed by atoms with Gasteiger partial charge in [0.05, 0.1) is 18.0 Å². The molecule has 1 aliphatic carbocycles. The molecule has 1 fully saturated rings. The second kappa shape index (κ2) is 6.06. The van der Waals surface area contributed by atoms with Crippen molar-refractivity contribution in [3.8, 4) is 0 Å². The molecule has 2 aromatic rings. The summed E-state index contributed by atoms with van der Waals surface area (Å²) < 4.78 is 7.45. The third-order valence-corrected chi connectivity index (χ3v) is 3.80. The van der Waals surface area contributed by atoms with Gasteiger partial charge in [-0.1, -0.05) is 12.8 Å². The minimum atomic E-state index is 0.636. The van der Waals surface area contributed by atoms with E-state index in [-0.39, 0.29) is 0 Å². The minimum absolute atomic E-state index is 0.636. The highest BCUT2D eigenvalue weighted by atomic mass is 16.3. The summed E-state index contributed by atoms with van der Waals surface area (Å²) in [4.78, 5) is 0. The maximum atomic E-state index is 5.30. The second-order valence-corrected chi connectivity index (χ2v) is 5.23. The summed E-state index contributed by atoms with van der Waals surface area (Å²) in [6, 6.07) is 6.70. The lowest BCUT2D eigenvalue weighted by Crippen LogP contribution is -2.17. The van der Waals surface area contributed by atoms with Gasteiger partial charge in [-0.05, 0) is 31.0 Å². The normalized spacial score (nSPS) is 16.2. The van der Waals surface area contributed by atoms with Crippen LogP contribution in [0.5, 0.6) is 0 Å². The molecule has 1 aliphatic rings. The highest BCUT2D eigenvalue weighted by molar-refractivity contribution is 5.01. The van der Waals surface area contributed by atoms with Gasteiger partial charge in [0.1, 0.15) is 5.76 Å². The van der Waals surface area contributed by atoms with Crippen molar-refractivity contribution in [2.45, 2.75) is 44.7 Å². The van der Waals surface area contributed by atoms with Gasteiger partial charge < -0.3 is 9.73 Å². The van der Waals surface area contributed by atoms with E-state index in [0.717, 1.165) is 31.0 Å². The van der Waals surface area contributed by atoms with E-state index in [2.05, 4.69) is 27.4 Å². The summed E-state index contributed by atoms with van der Waals surface area (Å²) in [6.45, 7) is 1.75. The molecule has 19 heavy (non-hydrogen) atoms. The van der Waals surface area contributed by atoms with Gasteiger partial charge in [0.15, 0.2) is 0 Å². The number of hydrogen-bond acceptors (Lipinski definition) is 3. The van der Waals surface area contributed by atoms with Crippen LogP contribution in [0.3, 0.4) is 0 Å². The summed E-state index contributed by atoms with van der Waals surface area (Å²) in [7, 11) is 0. The van der Waals surface area contributed by atoms with Crippen molar-refractivity contribution in [1.29, 1.82) is 0 Å². The Bertz CT molecular complexity index is 483. The molecule has 102 valence electrons. The van der Waals surface area contributed by atoms with Gasteiger partial charge in [-0.15, -0.1) is 0 Å². The Morgan fingerprint density at radius 1 is 1.32 bits per heavy atom. The first-order valence-electron chi connectivity index (χ1n) is 7.19. The van der Waals surface area contributed by atoms with Crippen molar-refractivity contribution < 1.29 is 4.42 Å². The maximum absolute atomic E-state index is 5.30. The van der Waals surface area contributed by atoms with E-state index in [9.17, 15) is 0 Å². The molecule has 1 N–H and O–H groups in total. The van der Waals surface area contributed by atoms with Gasteiger partial charge in [0.25, 0.3) is 0 Å². The van der Waals surface area contributed by atoms with E-state index < -0.39 is 0 Å². The lowest BCUT2D eigenvalue weighted by Gasteiger charge is -2.08. The first kappa shape index (κ1) is 12.5. The van der Waals surface area contributed by atoms with Crippen LogP contribution in [0.4, 0.5) is 0 Å². The largest absolute Gasteiger partial charge is 0.469 e. The predicted molar refractivity (Wildman–Crippen MR) is 73.9 cm³/mol. The van der Waals surface area contributed by atoms with Crippen LogP contribution in [0.2, 0.25) is 0 Å². The van der Waals surface area contributed by atoms with Crippen LogP contribution in [-0.2, 0) is 13.0 Å². The van der Waals surface area contributed by atoms with Gasteiger partial charge in [-0.25, -0.2) is 0 Å². The van der Waals surface area contributed by atoms with E-state index >= 15 is 0 Å². The van der Waals surface area contributed by atoms with Crippen molar-refractivity contribution in [3.05, 3.63) is 42.1 Å². The van der Waals surface area contributed by atoms with Crippen LogP contribution in [0, 0.1) is 0 Å². The Kier molecular flexibility index (Phi) is 3.98. The molecule has 4 heteroatoms. The number of hydrogen-bond donors (Lipinski definition) is 1. The highest BCUT2D eigenvalue weighted by Crippen LogP contribution is 2.28. The standard InChI is InChI=1S/C15H21N3O/c1-2-5-14(4-1)18-10-8-13(17-18)12-16-9-7-15-6-3-11-19-15/h3,6,8,10-11,14,16H,1-2,4-5,7,9,12H2. The molecule has 0 radical (unpaired) electrons. The van der Waals surface area contributed by atoms with Crippen LogP contribution in [-0.4, -0.2) is 16.3 Å². The van der Waals surface area contributed by atoms with Crippen molar-refractivity contribution >= 4 is 0 Å². The Morgan fingerprint density at radius 2 is 2.21 bits per heavy atom. The van der Waals surface area contributed by atoms with Gasteiger partial charge in [0, 0.05) is 25.7 Å². The average molecular weight is 259 g/mol. The highest BCUT2D eigenvalue weighted by Gasteiger charge is 2.17. The molecule has 0 unspecified atom stereocenters. The predicted octanol–water partition coefficient (Wildman–Crippen LogP) is 2.92. The average Bonchev–Trinajstić information content (AvgIpc) is 3.15. The molecule has 2 heterocycles. The SMILES string of the molecule is c1coc(CCNCc2ccn(C3CCCC3)n2)c1. The van der Waals surface area contributed by atoms with E-state index in [1.54, 1.807) is 6.26 Å².